The SMILES string of the molecule is O=C(O)CCCCCC(=O)NCc1cccc(-c2ccc(C3OC(CN4CCC(O)C4)CC(c4ccc(CO)cc4)O3)cc2)c1. The van der Waals surface area contributed by atoms with Crippen molar-refractivity contribution in [3.63, 3.8) is 0 Å². The Morgan fingerprint density at radius 3 is 2.33 bits per heavy atom. The third-order valence-electron chi connectivity index (χ3n) is 8.55. The Balaban J connectivity index is 1.21. The van der Waals surface area contributed by atoms with Gasteiger partial charge in [0.25, 0.3) is 0 Å². The lowest BCUT2D eigenvalue weighted by Crippen LogP contribution is -2.38. The van der Waals surface area contributed by atoms with E-state index in [1.54, 1.807) is 0 Å². The van der Waals surface area contributed by atoms with Crippen molar-refractivity contribution in [1.29, 1.82) is 0 Å². The monoisotopic (exact) mass is 616 g/mol. The number of hydrogen-bond donors (Lipinski definition) is 4. The quantitative estimate of drug-likeness (QED) is 0.184. The summed E-state index contributed by atoms with van der Waals surface area (Å²) in [6.45, 7) is 2.68. The van der Waals surface area contributed by atoms with Crippen molar-refractivity contribution in [1.82, 2.24) is 10.2 Å². The summed E-state index contributed by atoms with van der Waals surface area (Å²) in [7, 11) is 0. The fraction of sp³-hybridized carbons (Fsp3) is 0.444. The Morgan fingerprint density at radius 1 is 0.867 bits per heavy atom. The number of carbonyl (C=O) groups is 2. The van der Waals surface area contributed by atoms with Crippen molar-refractivity contribution in [3.05, 3.63) is 95.1 Å². The van der Waals surface area contributed by atoms with Crippen LogP contribution in [0.2, 0.25) is 0 Å². The first-order valence-electron chi connectivity index (χ1n) is 15.9. The van der Waals surface area contributed by atoms with Crippen LogP contribution in [-0.2, 0) is 32.2 Å². The molecule has 0 aliphatic carbocycles. The summed E-state index contributed by atoms with van der Waals surface area (Å²) in [5, 5.41) is 31.2. The van der Waals surface area contributed by atoms with E-state index in [0.717, 1.165) is 59.3 Å². The lowest BCUT2D eigenvalue weighted by Gasteiger charge is -2.37. The molecule has 4 N–H and O–H groups in total. The molecule has 9 heteroatoms. The van der Waals surface area contributed by atoms with E-state index in [-0.39, 0.29) is 37.2 Å². The van der Waals surface area contributed by atoms with Crippen LogP contribution < -0.4 is 5.32 Å². The number of β-amino-alcohol motifs (C(OH)–C–C–N with tert-alkyl or cyclic N) is 1. The van der Waals surface area contributed by atoms with Gasteiger partial charge in [0, 0.05) is 51.0 Å². The smallest absolute Gasteiger partial charge is 0.303 e. The number of nitrogens with zero attached hydrogens (tertiary/aromatic N) is 1. The summed E-state index contributed by atoms with van der Waals surface area (Å²) in [6.07, 6.45) is 2.96. The van der Waals surface area contributed by atoms with Gasteiger partial charge in [-0.1, -0.05) is 73.2 Å². The van der Waals surface area contributed by atoms with Gasteiger partial charge in [0.05, 0.1) is 24.9 Å². The molecule has 0 saturated carbocycles. The highest BCUT2D eigenvalue weighted by atomic mass is 16.7. The minimum atomic E-state index is -0.802. The molecule has 2 aliphatic rings. The summed E-state index contributed by atoms with van der Waals surface area (Å²) >= 11 is 0. The number of aliphatic hydroxyl groups excluding tert-OH is 2. The normalized spacial score (nSPS) is 21.9. The van der Waals surface area contributed by atoms with Crippen molar-refractivity contribution in [3.8, 4) is 11.1 Å². The molecule has 3 aromatic rings. The molecule has 4 atom stereocenters. The fourth-order valence-corrected chi connectivity index (χ4v) is 6.02. The molecule has 2 aliphatic heterocycles. The van der Waals surface area contributed by atoms with Crippen molar-refractivity contribution in [2.24, 2.45) is 0 Å². The lowest BCUT2D eigenvalue weighted by molar-refractivity contribution is -0.252. The first kappa shape index (κ1) is 32.8. The number of aliphatic carboxylic acids is 1. The minimum Gasteiger partial charge on any atom is -0.481 e. The average molecular weight is 617 g/mol. The molecule has 4 unspecified atom stereocenters. The number of nitrogens with one attached hydrogen (secondary N) is 1. The van der Waals surface area contributed by atoms with E-state index in [9.17, 15) is 19.8 Å². The number of aliphatic hydroxyl groups is 2. The largest absolute Gasteiger partial charge is 0.481 e. The van der Waals surface area contributed by atoms with E-state index in [4.69, 9.17) is 14.6 Å². The van der Waals surface area contributed by atoms with Crippen LogP contribution in [-0.4, -0.2) is 63.9 Å². The van der Waals surface area contributed by atoms with Gasteiger partial charge in [0.15, 0.2) is 6.29 Å². The molecule has 9 nitrogen and oxygen atoms in total. The molecular weight excluding hydrogens is 572 g/mol. The van der Waals surface area contributed by atoms with Gasteiger partial charge in [0.1, 0.15) is 0 Å². The number of amides is 1. The van der Waals surface area contributed by atoms with Gasteiger partial charge in [0.2, 0.25) is 5.91 Å². The molecule has 0 aromatic heterocycles. The molecule has 1 amide bonds. The topological polar surface area (TPSA) is 129 Å². The molecule has 5 rings (SSSR count). The van der Waals surface area contributed by atoms with E-state index in [1.807, 2.05) is 54.6 Å². The molecule has 3 aromatic carbocycles. The number of rotatable bonds is 14. The Morgan fingerprint density at radius 2 is 1.62 bits per heavy atom. The van der Waals surface area contributed by atoms with Crippen LogP contribution in [0.4, 0.5) is 0 Å². The molecule has 240 valence electrons. The molecule has 45 heavy (non-hydrogen) atoms. The minimum absolute atomic E-state index is 0.00107. The number of ether oxygens (including phenoxy) is 2. The average Bonchev–Trinajstić information content (AvgIpc) is 3.47. The van der Waals surface area contributed by atoms with E-state index < -0.39 is 12.3 Å². The van der Waals surface area contributed by atoms with Gasteiger partial charge in [-0.15, -0.1) is 0 Å². The summed E-state index contributed by atoms with van der Waals surface area (Å²) in [5.41, 5.74) is 5.91. The van der Waals surface area contributed by atoms with Gasteiger partial charge in [-0.25, -0.2) is 0 Å². The van der Waals surface area contributed by atoms with Gasteiger partial charge < -0.3 is 30.1 Å². The van der Waals surface area contributed by atoms with Crippen LogP contribution >= 0.6 is 0 Å². The second-order valence-corrected chi connectivity index (χ2v) is 12.1. The van der Waals surface area contributed by atoms with Crippen LogP contribution in [0.1, 0.15) is 79.6 Å². The maximum absolute atomic E-state index is 12.3. The first-order chi connectivity index (χ1) is 21.9. The number of carboxylic acids is 1. The Bertz CT molecular complexity index is 1400. The van der Waals surface area contributed by atoms with Crippen molar-refractivity contribution in [2.45, 2.75) is 82.7 Å². The number of carbonyl (C=O) groups excluding carboxylic acids is 1. The Labute approximate surface area is 264 Å². The van der Waals surface area contributed by atoms with E-state index in [0.29, 0.717) is 38.8 Å². The fourth-order valence-electron chi connectivity index (χ4n) is 6.02. The van der Waals surface area contributed by atoms with Crippen LogP contribution in [0.15, 0.2) is 72.8 Å². The third kappa shape index (κ3) is 9.69. The zero-order chi connectivity index (χ0) is 31.6. The number of benzene rings is 3. The number of carboxylic acid groups (broad SMARTS) is 1. The van der Waals surface area contributed by atoms with Crippen molar-refractivity contribution >= 4 is 11.9 Å². The molecule has 0 bridgehead atoms. The highest BCUT2D eigenvalue weighted by Crippen LogP contribution is 2.39. The second-order valence-electron chi connectivity index (χ2n) is 12.1. The van der Waals surface area contributed by atoms with Crippen LogP contribution in [0.5, 0.6) is 0 Å². The number of likely N-dealkylation sites (tertiary alicyclic amines) is 1. The standard InChI is InChI=1S/C36H44N2O7/c39-24-25-9-11-28(12-10-25)33-20-32(23-38-18-17-31(40)22-38)44-36(45-33)29-15-13-27(14-16-29)30-6-4-5-26(19-30)21-37-34(41)7-2-1-3-8-35(42)43/h4-6,9-16,19,31-33,36,39-40H,1-3,7-8,17-18,20-24H2,(H,37,41)(H,42,43). The maximum Gasteiger partial charge on any atom is 0.303 e. The molecule has 0 radical (unpaired) electrons. The Kier molecular flexibility index (Phi) is 11.7. The zero-order valence-corrected chi connectivity index (χ0v) is 25.6. The summed E-state index contributed by atoms with van der Waals surface area (Å²) < 4.78 is 13.0. The summed E-state index contributed by atoms with van der Waals surface area (Å²) in [5.74, 6) is -0.835. The predicted octanol–water partition coefficient (Wildman–Crippen LogP) is 5.11. The third-order valence-corrected chi connectivity index (χ3v) is 8.55. The first-order valence-corrected chi connectivity index (χ1v) is 15.9. The number of unbranched alkanes of at least 4 members (excludes halogenated alkanes) is 2. The highest BCUT2D eigenvalue weighted by molar-refractivity contribution is 5.76. The molecule has 2 heterocycles. The van der Waals surface area contributed by atoms with Gasteiger partial charge >= 0.3 is 5.97 Å². The zero-order valence-electron chi connectivity index (χ0n) is 25.6. The highest BCUT2D eigenvalue weighted by Gasteiger charge is 2.34. The molecule has 2 saturated heterocycles. The maximum atomic E-state index is 12.3. The predicted molar refractivity (Wildman–Crippen MR) is 170 cm³/mol. The van der Waals surface area contributed by atoms with Crippen molar-refractivity contribution in [2.75, 3.05) is 19.6 Å². The van der Waals surface area contributed by atoms with E-state index in [1.165, 1.54) is 0 Å². The van der Waals surface area contributed by atoms with Gasteiger partial charge in [-0.05, 0) is 53.1 Å². The van der Waals surface area contributed by atoms with Crippen LogP contribution in [0, 0.1) is 0 Å². The van der Waals surface area contributed by atoms with Crippen LogP contribution in [0.3, 0.4) is 0 Å². The van der Waals surface area contributed by atoms with Crippen LogP contribution in [0.25, 0.3) is 11.1 Å². The second kappa shape index (κ2) is 16.1. The number of hydrogen-bond acceptors (Lipinski definition) is 7. The van der Waals surface area contributed by atoms with Gasteiger partial charge in [-0.2, -0.15) is 0 Å². The molecule has 0 spiro atoms. The summed E-state index contributed by atoms with van der Waals surface area (Å²) in [6, 6.07) is 24.1. The molecule has 2 fully saturated rings. The van der Waals surface area contributed by atoms with Crippen molar-refractivity contribution < 1.29 is 34.4 Å². The summed E-state index contributed by atoms with van der Waals surface area (Å²) in [4.78, 5) is 25.1. The lowest BCUT2D eigenvalue weighted by atomic mass is 9.99. The molecular formula is C36H44N2O7. The van der Waals surface area contributed by atoms with Gasteiger partial charge in [-0.3, -0.25) is 14.5 Å². The van der Waals surface area contributed by atoms with E-state index in [2.05, 4.69) is 28.4 Å². The Hall–Kier alpha value is -3.60. The van der Waals surface area contributed by atoms with E-state index >= 15 is 0 Å².